The summed E-state index contributed by atoms with van der Waals surface area (Å²) in [5.41, 5.74) is 0.443. The molecule has 0 spiro atoms. The van der Waals surface area contributed by atoms with Gasteiger partial charge in [0.05, 0.1) is 22.6 Å². The van der Waals surface area contributed by atoms with Gasteiger partial charge in [-0.3, -0.25) is 0 Å². The molecule has 0 saturated heterocycles. The molecule has 0 fully saturated rings. The number of thiophene rings is 1. The van der Waals surface area contributed by atoms with Crippen LogP contribution < -0.4 is 0 Å². The van der Waals surface area contributed by atoms with Crippen molar-refractivity contribution in [1.82, 2.24) is 4.31 Å². The summed E-state index contributed by atoms with van der Waals surface area (Å²) in [4.78, 5) is 1.19. The minimum absolute atomic E-state index is 0.197. The third-order valence-electron chi connectivity index (χ3n) is 3.16. The van der Waals surface area contributed by atoms with E-state index >= 15 is 0 Å². The Morgan fingerprint density at radius 1 is 1.25 bits per heavy atom. The highest BCUT2D eigenvalue weighted by Crippen LogP contribution is 2.28. The van der Waals surface area contributed by atoms with E-state index in [9.17, 15) is 8.42 Å². The van der Waals surface area contributed by atoms with Crippen LogP contribution in [0.1, 0.15) is 23.4 Å². The fraction of sp³-hybridized carbons (Fsp3) is 0.214. The lowest BCUT2D eigenvalue weighted by molar-refractivity contribution is 0.403. The molecule has 0 aliphatic rings. The predicted octanol–water partition coefficient (Wildman–Crippen LogP) is 3.00. The topological polar surface area (TPSA) is 61.2 Å². The summed E-state index contributed by atoms with van der Waals surface area (Å²) in [7, 11) is -1.99. The van der Waals surface area contributed by atoms with E-state index in [1.165, 1.54) is 39.9 Å². The highest BCUT2D eigenvalue weighted by molar-refractivity contribution is 7.89. The van der Waals surface area contributed by atoms with E-state index < -0.39 is 10.0 Å². The molecular weight excluding hydrogens is 292 g/mol. The second-order valence-electron chi connectivity index (χ2n) is 4.35. The van der Waals surface area contributed by atoms with Crippen LogP contribution in [0.3, 0.4) is 0 Å². The summed E-state index contributed by atoms with van der Waals surface area (Å²) in [5, 5.41) is 10.7. The molecule has 1 atom stereocenters. The minimum Gasteiger partial charge on any atom is -0.207 e. The summed E-state index contributed by atoms with van der Waals surface area (Å²) in [5.74, 6) is 0. The van der Waals surface area contributed by atoms with Crippen molar-refractivity contribution in [1.29, 1.82) is 5.26 Å². The van der Waals surface area contributed by atoms with Crippen LogP contribution in [0.25, 0.3) is 0 Å². The molecule has 2 rings (SSSR count). The summed E-state index contributed by atoms with van der Waals surface area (Å²) in [6, 6.07) is 11.5. The Bertz CT molecular complexity index is 714. The van der Waals surface area contributed by atoms with Gasteiger partial charge in [0, 0.05) is 11.9 Å². The number of sulfonamides is 1. The van der Waals surface area contributed by atoms with Crippen LogP contribution in [0.4, 0.5) is 0 Å². The summed E-state index contributed by atoms with van der Waals surface area (Å²) in [6.45, 7) is 1.85. The average Bonchev–Trinajstić information content (AvgIpc) is 3.00. The fourth-order valence-corrected chi connectivity index (χ4v) is 4.02. The largest absolute Gasteiger partial charge is 0.243 e. The molecule has 1 aromatic heterocycles. The van der Waals surface area contributed by atoms with Crippen LogP contribution in [-0.4, -0.2) is 19.8 Å². The van der Waals surface area contributed by atoms with Crippen molar-refractivity contribution in [2.75, 3.05) is 7.05 Å². The van der Waals surface area contributed by atoms with Gasteiger partial charge in [-0.1, -0.05) is 6.07 Å². The van der Waals surface area contributed by atoms with E-state index in [1.807, 2.05) is 30.5 Å². The highest BCUT2D eigenvalue weighted by atomic mass is 32.2. The monoisotopic (exact) mass is 306 g/mol. The number of benzene rings is 1. The van der Waals surface area contributed by atoms with Crippen LogP contribution in [0.15, 0.2) is 46.7 Å². The van der Waals surface area contributed by atoms with E-state index in [4.69, 9.17) is 5.26 Å². The highest BCUT2D eigenvalue weighted by Gasteiger charge is 2.26. The maximum Gasteiger partial charge on any atom is 0.243 e. The van der Waals surface area contributed by atoms with Crippen molar-refractivity contribution in [3.63, 3.8) is 0 Å². The van der Waals surface area contributed by atoms with Crippen LogP contribution in [0, 0.1) is 11.3 Å². The van der Waals surface area contributed by atoms with Gasteiger partial charge in [-0.15, -0.1) is 11.3 Å². The average molecular weight is 306 g/mol. The summed E-state index contributed by atoms with van der Waals surface area (Å²) < 4.78 is 26.4. The molecular formula is C14H14N2O2S2. The Hall–Kier alpha value is -1.68. The molecule has 0 aliphatic heterocycles. The molecule has 1 aromatic carbocycles. The molecule has 1 unspecified atom stereocenters. The van der Waals surface area contributed by atoms with Gasteiger partial charge in [0.2, 0.25) is 10.0 Å². The van der Waals surface area contributed by atoms with E-state index in [2.05, 4.69) is 0 Å². The summed E-state index contributed by atoms with van der Waals surface area (Å²) in [6.07, 6.45) is 0. The van der Waals surface area contributed by atoms with Gasteiger partial charge in [0.1, 0.15) is 0 Å². The van der Waals surface area contributed by atoms with Crippen LogP contribution in [0.5, 0.6) is 0 Å². The lowest BCUT2D eigenvalue weighted by atomic mass is 10.2. The number of hydrogen-bond acceptors (Lipinski definition) is 4. The Morgan fingerprint density at radius 2 is 1.90 bits per heavy atom. The molecule has 0 saturated carbocycles. The van der Waals surface area contributed by atoms with Crippen LogP contribution >= 0.6 is 11.3 Å². The van der Waals surface area contributed by atoms with Crippen molar-refractivity contribution in [2.45, 2.75) is 17.9 Å². The lowest BCUT2D eigenvalue weighted by Gasteiger charge is -2.23. The minimum atomic E-state index is -3.56. The zero-order chi connectivity index (χ0) is 14.8. The van der Waals surface area contributed by atoms with Gasteiger partial charge in [0.15, 0.2) is 0 Å². The van der Waals surface area contributed by atoms with Crippen molar-refractivity contribution >= 4 is 21.4 Å². The molecule has 0 bridgehead atoms. The fourth-order valence-electron chi connectivity index (χ4n) is 1.78. The zero-order valence-corrected chi connectivity index (χ0v) is 12.8. The molecule has 0 N–H and O–H groups in total. The maximum absolute atomic E-state index is 12.5. The van der Waals surface area contributed by atoms with Gasteiger partial charge in [-0.25, -0.2) is 8.42 Å². The van der Waals surface area contributed by atoms with E-state index in [0.29, 0.717) is 5.56 Å². The Morgan fingerprint density at radius 3 is 2.40 bits per heavy atom. The normalized spacial score (nSPS) is 13.1. The molecule has 0 amide bonds. The van der Waals surface area contributed by atoms with Crippen molar-refractivity contribution in [3.05, 3.63) is 52.2 Å². The Labute approximate surface area is 123 Å². The van der Waals surface area contributed by atoms with E-state index in [0.717, 1.165) is 4.88 Å². The first-order valence-electron chi connectivity index (χ1n) is 5.98. The van der Waals surface area contributed by atoms with Crippen LogP contribution in [0.2, 0.25) is 0 Å². The molecule has 4 nitrogen and oxygen atoms in total. The predicted molar refractivity (Wildman–Crippen MR) is 78.8 cm³/mol. The van der Waals surface area contributed by atoms with Crippen molar-refractivity contribution in [2.24, 2.45) is 0 Å². The first kappa shape index (κ1) is 14.7. The third kappa shape index (κ3) is 2.75. The molecule has 0 aliphatic carbocycles. The Balaban J connectivity index is 2.32. The van der Waals surface area contributed by atoms with Crippen LogP contribution in [-0.2, 0) is 10.0 Å². The number of nitriles is 1. The number of rotatable bonds is 4. The Kier molecular flexibility index (Phi) is 4.23. The molecule has 20 heavy (non-hydrogen) atoms. The zero-order valence-electron chi connectivity index (χ0n) is 11.1. The summed E-state index contributed by atoms with van der Waals surface area (Å²) >= 11 is 1.53. The smallest absolute Gasteiger partial charge is 0.207 e. The van der Waals surface area contributed by atoms with Gasteiger partial charge in [-0.05, 0) is 42.6 Å². The van der Waals surface area contributed by atoms with Gasteiger partial charge in [0.25, 0.3) is 0 Å². The van der Waals surface area contributed by atoms with Gasteiger partial charge in [-0.2, -0.15) is 9.57 Å². The number of hydrogen-bond donors (Lipinski definition) is 0. The number of nitrogens with zero attached hydrogens (tertiary/aromatic N) is 2. The lowest BCUT2D eigenvalue weighted by Crippen LogP contribution is -2.29. The van der Waals surface area contributed by atoms with Gasteiger partial charge < -0.3 is 0 Å². The van der Waals surface area contributed by atoms with Crippen molar-refractivity contribution < 1.29 is 8.42 Å². The van der Waals surface area contributed by atoms with Gasteiger partial charge >= 0.3 is 0 Å². The molecule has 0 radical (unpaired) electrons. The second kappa shape index (κ2) is 5.75. The molecule has 2 aromatic rings. The van der Waals surface area contributed by atoms with Crippen molar-refractivity contribution in [3.8, 4) is 6.07 Å². The molecule has 104 valence electrons. The SMILES string of the molecule is CC(c1cccs1)N(C)S(=O)(=O)c1ccc(C#N)cc1. The molecule has 6 heteroatoms. The third-order valence-corrected chi connectivity index (χ3v) is 6.15. The second-order valence-corrected chi connectivity index (χ2v) is 7.33. The van der Waals surface area contributed by atoms with E-state index in [1.54, 1.807) is 7.05 Å². The first-order chi connectivity index (χ1) is 9.46. The first-order valence-corrected chi connectivity index (χ1v) is 8.30. The maximum atomic E-state index is 12.5. The van der Waals surface area contributed by atoms with E-state index in [-0.39, 0.29) is 10.9 Å². The standard InChI is InChI=1S/C14H14N2O2S2/c1-11(14-4-3-9-19-14)16(2)20(17,18)13-7-5-12(10-15)6-8-13/h3-9,11H,1-2H3. The molecule has 1 heterocycles. The quantitative estimate of drug-likeness (QED) is 0.872.